The monoisotopic (exact) mass is 537 g/mol. The number of thiophene rings is 1. The van der Waals surface area contributed by atoms with Crippen LogP contribution in [0.5, 0.6) is 0 Å². The molecule has 4 N–H and O–H groups in total. The Morgan fingerprint density at radius 3 is 2.87 bits per heavy atom. The highest BCUT2D eigenvalue weighted by Gasteiger charge is 2.17. The number of aromatic nitrogens is 6. The molecule has 0 aromatic carbocycles. The van der Waals surface area contributed by atoms with Crippen LogP contribution in [0.25, 0.3) is 55.2 Å². The predicted molar refractivity (Wildman–Crippen MR) is 155 cm³/mol. The number of rotatable bonds is 9. The molecule has 6 rings (SSSR count). The van der Waals surface area contributed by atoms with Gasteiger partial charge in [0.25, 0.3) is 0 Å². The minimum atomic E-state index is -0.623. The van der Waals surface area contributed by atoms with E-state index in [0.717, 1.165) is 72.9 Å². The molecule has 6 heterocycles. The van der Waals surface area contributed by atoms with Crippen LogP contribution in [0.2, 0.25) is 0 Å². The van der Waals surface area contributed by atoms with E-state index in [-0.39, 0.29) is 5.78 Å². The lowest BCUT2D eigenvalue weighted by molar-refractivity contribution is 0.102. The number of hydrogen-bond donors (Lipinski definition) is 4. The van der Waals surface area contributed by atoms with Gasteiger partial charge in [-0.25, -0.2) is 9.97 Å². The highest BCUT2D eigenvalue weighted by molar-refractivity contribution is 7.17. The van der Waals surface area contributed by atoms with E-state index in [1.54, 1.807) is 25.5 Å². The van der Waals surface area contributed by atoms with Crippen LogP contribution in [0.4, 0.5) is 5.69 Å². The van der Waals surface area contributed by atoms with Gasteiger partial charge < -0.3 is 15.4 Å². The first-order chi connectivity index (χ1) is 19.0. The molecule has 0 saturated heterocycles. The number of anilines is 1. The van der Waals surface area contributed by atoms with Crippen molar-refractivity contribution in [1.29, 1.82) is 0 Å². The predicted octanol–water partition coefficient (Wildman–Crippen LogP) is 6.41. The van der Waals surface area contributed by atoms with Crippen LogP contribution in [0.1, 0.15) is 42.8 Å². The van der Waals surface area contributed by atoms with Gasteiger partial charge >= 0.3 is 0 Å². The summed E-state index contributed by atoms with van der Waals surface area (Å²) in [5.41, 5.74) is 7.05. The van der Waals surface area contributed by atoms with Crippen molar-refractivity contribution in [3.63, 3.8) is 0 Å². The summed E-state index contributed by atoms with van der Waals surface area (Å²) < 4.78 is 0. The van der Waals surface area contributed by atoms with Crippen LogP contribution in [0.3, 0.4) is 0 Å². The average molecular weight is 538 g/mol. The number of aromatic amines is 2. The van der Waals surface area contributed by atoms with Gasteiger partial charge in [0, 0.05) is 33.8 Å². The smallest absolute Gasteiger partial charge is 0.169 e. The number of unbranched alkanes of at least 4 members (excludes halogenated alkanes) is 1. The van der Waals surface area contributed by atoms with Gasteiger partial charge in [-0.2, -0.15) is 5.10 Å². The molecular weight excluding hydrogens is 510 g/mol. The van der Waals surface area contributed by atoms with Crippen molar-refractivity contribution in [2.24, 2.45) is 0 Å². The standard InChI is InChI=1S/C29H27N7O2S/c1-3-4-5-26(38)32-18-12-17(14-30-15-18)21-6-7-22-27(33-21)28(36-35-22)23-13-20-19(10-11-31-29(20)34-23)25-9-8-24(39-25)16(2)37/h6-15,26,32,38H,3-5H2,1-2H3,(H,31,34)(H,35,36). The van der Waals surface area contributed by atoms with Crippen LogP contribution < -0.4 is 5.32 Å². The van der Waals surface area contributed by atoms with Crippen LogP contribution >= 0.6 is 11.3 Å². The van der Waals surface area contributed by atoms with Gasteiger partial charge in [-0.15, -0.1) is 11.3 Å². The molecule has 10 heteroatoms. The Hall–Kier alpha value is -4.41. The molecule has 0 aliphatic rings. The van der Waals surface area contributed by atoms with Gasteiger partial charge in [-0.3, -0.25) is 14.9 Å². The third kappa shape index (κ3) is 4.91. The van der Waals surface area contributed by atoms with Gasteiger partial charge in [0.1, 0.15) is 23.1 Å². The summed E-state index contributed by atoms with van der Waals surface area (Å²) in [7, 11) is 0. The fourth-order valence-corrected chi connectivity index (χ4v) is 5.55. The summed E-state index contributed by atoms with van der Waals surface area (Å²) >= 11 is 1.47. The SMILES string of the molecule is CCCCC(O)Nc1cncc(-c2ccc3[nH]nc(-c4cc5c(-c6ccc(C(C)=O)s6)ccnc5[nH]4)c3n2)c1. The van der Waals surface area contributed by atoms with E-state index in [1.165, 1.54) is 11.3 Å². The zero-order valence-electron chi connectivity index (χ0n) is 21.5. The molecule has 0 bridgehead atoms. The second-order valence-electron chi connectivity index (χ2n) is 9.45. The Morgan fingerprint density at radius 2 is 2.05 bits per heavy atom. The zero-order valence-corrected chi connectivity index (χ0v) is 22.3. The molecule has 39 heavy (non-hydrogen) atoms. The average Bonchev–Trinajstić information content (AvgIpc) is 3.69. The van der Waals surface area contributed by atoms with E-state index < -0.39 is 6.23 Å². The molecule has 0 fully saturated rings. The maximum atomic E-state index is 11.8. The lowest BCUT2D eigenvalue weighted by Gasteiger charge is -2.14. The lowest BCUT2D eigenvalue weighted by atomic mass is 10.1. The van der Waals surface area contributed by atoms with E-state index in [1.807, 2.05) is 42.5 Å². The zero-order chi connectivity index (χ0) is 26.9. The largest absolute Gasteiger partial charge is 0.374 e. The van der Waals surface area contributed by atoms with Crippen molar-refractivity contribution in [2.45, 2.75) is 39.3 Å². The van der Waals surface area contributed by atoms with Crippen molar-refractivity contribution < 1.29 is 9.90 Å². The number of aliphatic hydroxyl groups is 1. The summed E-state index contributed by atoms with van der Waals surface area (Å²) in [6.45, 7) is 3.68. The maximum Gasteiger partial charge on any atom is 0.169 e. The Labute approximate surface area is 228 Å². The summed E-state index contributed by atoms with van der Waals surface area (Å²) in [6.07, 6.45) is 7.24. The van der Waals surface area contributed by atoms with Crippen molar-refractivity contribution in [1.82, 2.24) is 30.1 Å². The Bertz CT molecular complexity index is 1800. The lowest BCUT2D eigenvalue weighted by Crippen LogP contribution is -2.18. The van der Waals surface area contributed by atoms with Crippen molar-refractivity contribution in [3.8, 4) is 33.1 Å². The summed E-state index contributed by atoms with van der Waals surface area (Å²) in [4.78, 5) is 30.8. The van der Waals surface area contributed by atoms with Gasteiger partial charge in [0.15, 0.2) is 5.78 Å². The highest BCUT2D eigenvalue weighted by Crippen LogP contribution is 2.36. The van der Waals surface area contributed by atoms with Crippen molar-refractivity contribution in [2.75, 3.05) is 5.32 Å². The van der Waals surface area contributed by atoms with Gasteiger partial charge in [0.05, 0.1) is 33.7 Å². The fraction of sp³-hybridized carbons (Fsp3) is 0.207. The van der Waals surface area contributed by atoms with E-state index in [2.05, 4.69) is 37.4 Å². The van der Waals surface area contributed by atoms with E-state index in [4.69, 9.17) is 4.98 Å². The summed E-state index contributed by atoms with van der Waals surface area (Å²) in [5.74, 6) is 0.0559. The number of hydrogen-bond acceptors (Lipinski definition) is 8. The van der Waals surface area contributed by atoms with E-state index in [9.17, 15) is 9.90 Å². The van der Waals surface area contributed by atoms with Crippen molar-refractivity contribution >= 4 is 44.9 Å². The molecule has 9 nitrogen and oxygen atoms in total. The number of ketones is 1. The maximum absolute atomic E-state index is 11.8. The summed E-state index contributed by atoms with van der Waals surface area (Å²) in [5, 5.41) is 22.0. The number of nitrogens with zero attached hydrogens (tertiary/aromatic N) is 4. The Balaban J connectivity index is 1.36. The number of Topliss-reactive ketones (excluding diaryl/α,β-unsaturated/α-hetero) is 1. The van der Waals surface area contributed by atoms with Crippen LogP contribution in [-0.2, 0) is 0 Å². The first kappa shape index (κ1) is 24.9. The van der Waals surface area contributed by atoms with Gasteiger partial charge in [0.2, 0.25) is 0 Å². The van der Waals surface area contributed by atoms with Gasteiger partial charge in [-0.1, -0.05) is 13.3 Å². The number of nitrogens with one attached hydrogen (secondary N) is 3. The number of pyridine rings is 3. The second kappa shape index (κ2) is 10.4. The number of carbonyl (C=O) groups excluding carboxylic acids is 1. The minimum Gasteiger partial charge on any atom is -0.374 e. The summed E-state index contributed by atoms with van der Waals surface area (Å²) in [6, 6.07) is 13.6. The number of carbonyl (C=O) groups is 1. The van der Waals surface area contributed by atoms with Gasteiger partial charge in [-0.05, 0) is 62.2 Å². The minimum absolute atomic E-state index is 0.0559. The molecule has 0 amide bonds. The highest BCUT2D eigenvalue weighted by atomic mass is 32.1. The molecule has 196 valence electrons. The third-order valence-electron chi connectivity index (χ3n) is 6.61. The molecule has 1 atom stereocenters. The second-order valence-corrected chi connectivity index (χ2v) is 10.5. The fourth-order valence-electron chi connectivity index (χ4n) is 4.61. The molecule has 0 radical (unpaired) electrons. The molecule has 0 aliphatic carbocycles. The molecule has 6 aromatic heterocycles. The quantitative estimate of drug-likeness (QED) is 0.124. The van der Waals surface area contributed by atoms with E-state index >= 15 is 0 Å². The first-order valence-corrected chi connectivity index (χ1v) is 13.7. The first-order valence-electron chi connectivity index (χ1n) is 12.8. The molecule has 1 unspecified atom stereocenters. The Kier molecular flexibility index (Phi) is 6.64. The third-order valence-corrected chi connectivity index (χ3v) is 7.83. The molecular formula is C29H27N7O2S. The number of fused-ring (bicyclic) bond motifs is 2. The van der Waals surface area contributed by atoms with Crippen LogP contribution in [0, 0.1) is 0 Å². The molecule has 6 aromatic rings. The molecule has 0 spiro atoms. The van der Waals surface area contributed by atoms with Crippen LogP contribution in [-0.4, -0.2) is 47.3 Å². The van der Waals surface area contributed by atoms with Crippen LogP contribution in [0.15, 0.2) is 61.1 Å². The van der Waals surface area contributed by atoms with Crippen molar-refractivity contribution in [3.05, 3.63) is 65.9 Å². The number of aliphatic hydroxyl groups excluding tert-OH is 1. The number of H-pyrrole nitrogens is 2. The topological polar surface area (TPSA) is 132 Å². The Morgan fingerprint density at radius 1 is 1.15 bits per heavy atom. The normalized spacial score (nSPS) is 12.3. The molecule has 0 saturated carbocycles. The van der Waals surface area contributed by atoms with E-state index in [0.29, 0.717) is 12.1 Å². The molecule has 0 aliphatic heterocycles.